The number of nitrogens with zero attached hydrogens (tertiary/aromatic N) is 1. The van der Waals surface area contributed by atoms with Gasteiger partial charge in [-0.1, -0.05) is 39.0 Å². The van der Waals surface area contributed by atoms with Crippen molar-refractivity contribution >= 4 is 16.6 Å². The van der Waals surface area contributed by atoms with Crippen LogP contribution < -0.4 is 11.1 Å². The Kier molecular flexibility index (Phi) is 4.05. The van der Waals surface area contributed by atoms with E-state index >= 15 is 0 Å². The normalized spacial score (nSPS) is 13.5. The summed E-state index contributed by atoms with van der Waals surface area (Å²) in [5, 5.41) is 4.59. The summed E-state index contributed by atoms with van der Waals surface area (Å²) < 4.78 is 0. The average Bonchev–Trinajstić information content (AvgIpc) is 2.34. The molecule has 0 amide bonds. The Morgan fingerprint density at radius 1 is 1.21 bits per heavy atom. The molecule has 1 aromatic carbocycles. The van der Waals surface area contributed by atoms with Gasteiger partial charge in [0.25, 0.3) is 0 Å². The molecule has 0 saturated carbocycles. The van der Waals surface area contributed by atoms with Crippen molar-refractivity contribution in [3.8, 4) is 0 Å². The van der Waals surface area contributed by atoms with Crippen LogP contribution in [0.5, 0.6) is 0 Å². The maximum absolute atomic E-state index is 6.17. The summed E-state index contributed by atoms with van der Waals surface area (Å²) in [5.41, 5.74) is 8.56. The quantitative estimate of drug-likeness (QED) is 0.882. The summed E-state index contributed by atoms with van der Waals surface area (Å²) in [6.45, 7) is 7.43. The highest BCUT2D eigenvalue weighted by molar-refractivity contribution is 5.90. The van der Waals surface area contributed by atoms with Crippen molar-refractivity contribution in [2.75, 3.05) is 11.9 Å². The molecule has 3 N–H and O–H groups in total. The highest BCUT2D eigenvalue weighted by Crippen LogP contribution is 2.22. The topological polar surface area (TPSA) is 50.9 Å². The molecule has 1 aromatic heterocycles. The summed E-state index contributed by atoms with van der Waals surface area (Å²) in [7, 11) is 0. The molecule has 0 aliphatic heterocycles. The first-order valence-electron chi connectivity index (χ1n) is 6.79. The highest BCUT2D eigenvalue weighted by atomic mass is 14.9. The Balaban J connectivity index is 2.06. The lowest BCUT2D eigenvalue weighted by Crippen LogP contribution is -2.33. The molecule has 19 heavy (non-hydrogen) atoms. The number of aromatic nitrogens is 1. The molecule has 0 radical (unpaired) electrons. The third-order valence-electron chi connectivity index (χ3n) is 3.08. The van der Waals surface area contributed by atoms with Crippen molar-refractivity contribution in [1.29, 1.82) is 0 Å². The second-order valence-corrected chi connectivity index (χ2v) is 6.28. The predicted molar refractivity (Wildman–Crippen MR) is 82.3 cm³/mol. The van der Waals surface area contributed by atoms with Gasteiger partial charge in [0.05, 0.1) is 5.52 Å². The maximum Gasteiger partial charge on any atom is 0.0722 e. The van der Waals surface area contributed by atoms with Gasteiger partial charge in [-0.05, 0) is 24.0 Å². The smallest absolute Gasteiger partial charge is 0.0722 e. The van der Waals surface area contributed by atoms with Gasteiger partial charge in [-0.15, -0.1) is 0 Å². The van der Waals surface area contributed by atoms with Crippen LogP contribution in [0, 0.1) is 5.41 Å². The molecule has 1 atom stereocenters. The molecule has 0 aliphatic rings. The number of benzene rings is 1. The first kappa shape index (κ1) is 13.8. The highest BCUT2D eigenvalue weighted by Gasteiger charge is 2.15. The second kappa shape index (κ2) is 5.57. The average molecular weight is 257 g/mol. The second-order valence-electron chi connectivity index (χ2n) is 6.28. The third-order valence-corrected chi connectivity index (χ3v) is 3.08. The van der Waals surface area contributed by atoms with Crippen molar-refractivity contribution < 1.29 is 0 Å². The molecule has 0 aliphatic carbocycles. The van der Waals surface area contributed by atoms with Gasteiger partial charge in [-0.2, -0.15) is 0 Å². The van der Waals surface area contributed by atoms with E-state index in [0.717, 1.165) is 29.6 Å². The standard InChI is InChI=1S/C16H23N3/c1-16(2,3)10-12(17)11-19-15-8-9-18-14-7-5-4-6-13(14)15/h4-9,12H,10-11,17H2,1-3H3,(H,18,19). The zero-order valence-corrected chi connectivity index (χ0v) is 12.0. The van der Waals surface area contributed by atoms with Crippen molar-refractivity contribution in [2.24, 2.45) is 11.1 Å². The maximum atomic E-state index is 6.17. The number of hydrogen-bond donors (Lipinski definition) is 2. The van der Waals surface area contributed by atoms with Gasteiger partial charge in [0, 0.05) is 29.9 Å². The Hall–Kier alpha value is -1.61. The van der Waals surface area contributed by atoms with E-state index in [1.807, 2.05) is 30.5 Å². The Labute approximate surface area is 115 Å². The molecule has 0 bridgehead atoms. The van der Waals surface area contributed by atoms with E-state index in [-0.39, 0.29) is 11.5 Å². The van der Waals surface area contributed by atoms with Crippen LogP contribution in [0.3, 0.4) is 0 Å². The number of fused-ring (bicyclic) bond motifs is 1. The summed E-state index contributed by atoms with van der Waals surface area (Å²) in [6, 6.07) is 10.3. The van der Waals surface area contributed by atoms with E-state index in [4.69, 9.17) is 5.73 Å². The molecule has 3 nitrogen and oxygen atoms in total. The predicted octanol–water partition coefficient (Wildman–Crippen LogP) is 3.41. The van der Waals surface area contributed by atoms with Gasteiger partial charge < -0.3 is 11.1 Å². The van der Waals surface area contributed by atoms with Crippen LogP contribution in [-0.2, 0) is 0 Å². The fraction of sp³-hybridized carbons (Fsp3) is 0.438. The molecule has 0 saturated heterocycles. The molecule has 3 heteroatoms. The Bertz CT molecular complexity index is 538. The van der Waals surface area contributed by atoms with Crippen molar-refractivity contribution in [3.63, 3.8) is 0 Å². The van der Waals surface area contributed by atoms with Crippen molar-refractivity contribution in [2.45, 2.75) is 33.2 Å². The summed E-state index contributed by atoms with van der Waals surface area (Å²) in [4.78, 5) is 4.36. The van der Waals surface area contributed by atoms with Crippen LogP contribution in [0.25, 0.3) is 10.9 Å². The van der Waals surface area contributed by atoms with Gasteiger partial charge in [0.1, 0.15) is 0 Å². The lowest BCUT2D eigenvalue weighted by atomic mass is 9.88. The Morgan fingerprint density at radius 3 is 2.68 bits per heavy atom. The van der Waals surface area contributed by atoms with Crippen LogP contribution in [0.15, 0.2) is 36.5 Å². The summed E-state index contributed by atoms with van der Waals surface area (Å²) in [5.74, 6) is 0. The monoisotopic (exact) mass is 257 g/mol. The largest absolute Gasteiger partial charge is 0.383 e. The van der Waals surface area contributed by atoms with Crippen LogP contribution in [0.2, 0.25) is 0 Å². The lowest BCUT2D eigenvalue weighted by Gasteiger charge is -2.23. The van der Waals surface area contributed by atoms with E-state index in [9.17, 15) is 0 Å². The lowest BCUT2D eigenvalue weighted by molar-refractivity contribution is 0.345. The number of nitrogens with one attached hydrogen (secondary N) is 1. The van der Waals surface area contributed by atoms with Gasteiger partial charge in [0.2, 0.25) is 0 Å². The minimum Gasteiger partial charge on any atom is -0.383 e. The van der Waals surface area contributed by atoms with Crippen LogP contribution in [0.1, 0.15) is 27.2 Å². The fourth-order valence-corrected chi connectivity index (χ4v) is 2.35. The molecular formula is C16H23N3. The first-order valence-corrected chi connectivity index (χ1v) is 6.79. The molecule has 1 heterocycles. The number of para-hydroxylation sites is 1. The number of hydrogen-bond acceptors (Lipinski definition) is 3. The van der Waals surface area contributed by atoms with Crippen LogP contribution in [0.4, 0.5) is 5.69 Å². The van der Waals surface area contributed by atoms with E-state index in [1.54, 1.807) is 0 Å². The molecule has 2 aromatic rings. The molecule has 2 rings (SSSR count). The van der Waals surface area contributed by atoms with Crippen LogP contribution >= 0.6 is 0 Å². The van der Waals surface area contributed by atoms with E-state index in [2.05, 4.69) is 37.1 Å². The van der Waals surface area contributed by atoms with Crippen LogP contribution in [-0.4, -0.2) is 17.6 Å². The first-order chi connectivity index (χ1) is 8.96. The minimum absolute atomic E-state index is 0.159. The zero-order valence-electron chi connectivity index (χ0n) is 12.0. The fourth-order valence-electron chi connectivity index (χ4n) is 2.35. The number of rotatable bonds is 4. The van der Waals surface area contributed by atoms with E-state index in [0.29, 0.717) is 0 Å². The molecular weight excluding hydrogens is 234 g/mol. The van der Waals surface area contributed by atoms with Gasteiger partial charge in [-0.3, -0.25) is 4.98 Å². The number of nitrogens with two attached hydrogens (primary N) is 1. The van der Waals surface area contributed by atoms with Gasteiger partial charge in [0.15, 0.2) is 0 Å². The number of anilines is 1. The van der Waals surface area contributed by atoms with Crippen molar-refractivity contribution in [1.82, 2.24) is 4.98 Å². The molecule has 0 spiro atoms. The third kappa shape index (κ3) is 3.93. The summed E-state index contributed by atoms with van der Waals surface area (Å²) in [6.07, 6.45) is 2.84. The summed E-state index contributed by atoms with van der Waals surface area (Å²) >= 11 is 0. The SMILES string of the molecule is CC(C)(C)CC(N)CNc1ccnc2ccccc12. The Morgan fingerprint density at radius 2 is 1.95 bits per heavy atom. The van der Waals surface area contributed by atoms with Crippen molar-refractivity contribution in [3.05, 3.63) is 36.5 Å². The minimum atomic E-state index is 0.159. The molecule has 102 valence electrons. The molecule has 1 unspecified atom stereocenters. The number of pyridine rings is 1. The zero-order chi connectivity index (χ0) is 13.9. The van der Waals surface area contributed by atoms with Gasteiger partial charge in [-0.25, -0.2) is 0 Å². The van der Waals surface area contributed by atoms with E-state index < -0.39 is 0 Å². The molecule has 0 fully saturated rings. The van der Waals surface area contributed by atoms with Gasteiger partial charge >= 0.3 is 0 Å². The van der Waals surface area contributed by atoms with E-state index in [1.165, 1.54) is 0 Å².